The summed E-state index contributed by atoms with van der Waals surface area (Å²) in [5.74, 6) is 0.838. The first-order chi connectivity index (χ1) is 8.63. The van der Waals surface area contributed by atoms with Gasteiger partial charge in [0.1, 0.15) is 5.82 Å². The molecule has 0 spiro atoms. The van der Waals surface area contributed by atoms with Crippen molar-refractivity contribution in [3.63, 3.8) is 0 Å². The van der Waals surface area contributed by atoms with Gasteiger partial charge in [0.2, 0.25) is 0 Å². The monoisotopic (exact) mass is 257 g/mol. The number of H-pyrrole nitrogens is 1. The molecule has 2 aromatic carbocycles. The molecule has 3 aromatic rings. The molecule has 0 bridgehead atoms. The van der Waals surface area contributed by atoms with Crippen LogP contribution >= 0.6 is 11.6 Å². The highest BCUT2D eigenvalue weighted by molar-refractivity contribution is 6.30. The van der Waals surface area contributed by atoms with Gasteiger partial charge in [-0.15, -0.1) is 0 Å². The van der Waals surface area contributed by atoms with Crippen molar-refractivity contribution in [2.24, 2.45) is 0 Å². The van der Waals surface area contributed by atoms with Crippen molar-refractivity contribution in [2.75, 3.05) is 5.73 Å². The van der Waals surface area contributed by atoms with Crippen LogP contribution in [-0.4, -0.2) is 9.97 Å². The molecular formula is C14H12ClN3. The average Bonchev–Trinajstić information content (AvgIpc) is 2.71. The van der Waals surface area contributed by atoms with E-state index in [-0.39, 0.29) is 0 Å². The van der Waals surface area contributed by atoms with Gasteiger partial charge in [0.05, 0.1) is 11.0 Å². The SMILES string of the molecule is Cc1cc(Cl)ccc1-c1nc2ccc(N)cc2[nH]1. The summed E-state index contributed by atoms with van der Waals surface area (Å²) in [4.78, 5) is 7.84. The molecule has 0 aliphatic rings. The fourth-order valence-corrected chi connectivity index (χ4v) is 2.27. The summed E-state index contributed by atoms with van der Waals surface area (Å²) in [5, 5.41) is 0.733. The number of hydrogen-bond acceptors (Lipinski definition) is 2. The maximum atomic E-state index is 5.96. The molecular weight excluding hydrogens is 246 g/mol. The third-order valence-electron chi connectivity index (χ3n) is 2.95. The van der Waals surface area contributed by atoms with Gasteiger partial charge in [0.15, 0.2) is 0 Å². The first-order valence-corrected chi connectivity index (χ1v) is 6.03. The standard InChI is InChI=1S/C14H12ClN3/c1-8-6-9(15)2-4-11(8)14-17-12-5-3-10(16)7-13(12)18-14/h2-7H,16H2,1H3,(H,17,18). The van der Waals surface area contributed by atoms with E-state index in [1.165, 1.54) is 0 Å². The number of aromatic amines is 1. The third-order valence-corrected chi connectivity index (χ3v) is 3.18. The molecule has 0 radical (unpaired) electrons. The van der Waals surface area contributed by atoms with E-state index in [9.17, 15) is 0 Å². The van der Waals surface area contributed by atoms with Gasteiger partial charge in [-0.2, -0.15) is 0 Å². The van der Waals surface area contributed by atoms with E-state index in [4.69, 9.17) is 17.3 Å². The molecule has 0 aliphatic heterocycles. The van der Waals surface area contributed by atoms with Gasteiger partial charge in [0, 0.05) is 16.3 Å². The highest BCUT2D eigenvalue weighted by Crippen LogP contribution is 2.26. The second kappa shape index (κ2) is 4.03. The molecule has 18 heavy (non-hydrogen) atoms. The fourth-order valence-electron chi connectivity index (χ4n) is 2.05. The molecule has 3 nitrogen and oxygen atoms in total. The Balaban J connectivity index is 2.19. The molecule has 0 amide bonds. The molecule has 0 aliphatic carbocycles. The summed E-state index contributed by atoms with van der Waals surface area (Å²) >= 11 is 5.96. The molecule has 4 heteroatoms. The van der Waals surface area contributed by atoms with Crippen LogP contribution in [0.25, 0.3) is 22.4 Å². The number of benzene rings is 2. The Kier molecular flexibility index (Phi) is 2.49. The van der Waals surface area contributed by atoms with Crippen LogP contribution < -0.4 is 5.73 Å². The zero-order chi connectivity index (χ0) is 12.7. The minimum atomic E-state index is 0.727. The van der Waals surface area contributed by atoms with E-state index in [0.29, 0.717) is 0 Å². The smallest absolute Gasteiger partial charge is 0.138 e. The van der Waals surface area contributed by atoms with E-state index in [0.717, 1.165) is 38.7 Å². The van der Waals surface area contributed by atoms with E-state index < -0.39 is 0 Å². The van der Waals surface area contributed by atoms with Gasteiger partial charge < -0.3 is 10.7 Å². The van der Waals surface area contributed by atoms with Crippen molar-refractivity contribution < 1.29 is 0 Å². The topological polar surface area (TPSA) is 54.7 Å². The van der Waals surface area contributed by atoms with Gasteiger partial charge >= 0.3 is 0 Å². The van der Waals surface area contributed by atoms with Crippen molar-refractivity contribution in [3.8, 4) is 11.4 Å². The minimum absolute atomic E-state index is 0.727. The number of halogens is 1. The first kappa shape index (κ1) is 11.1. The fraction of sp³-hybridized carbons (Fsp3) is 0.0714. The van der Waals surface area contributed by atoms with E-state index in [1.54, 1.807) is 0 Å². The largest absolute Gasteiger partial charge is 0.399 e. The van der Waals surface area contributed by atoms with Crippen LogP contribution in [0.5, 0.6) is 0 Å². The van der Waals surface area contributed by atoms with Crippen molar-refractivity contribution in [1.82, 2.24) is 9.97 Å². The Morgan fingerprint density at radius 1 is 1.17 bits per heavy atom. The lowest BCUT2D eigenvalue weighted by Crippen LogP contribution is -1.85. The van der Waals surface area contributed by atoms with Crippen LogP contribution in [0.2, 0.25) is 5.02 Å². The number of nitrogens with zero attached hydrogens (tertiary/aromatic N) is 1. The van der Waals surface area contributed by atoms with Gasteiger partial charge in [-0.3, -0.25) is 0 Å². The molecule has 3 rings (SSSR count). The van der Waals surface area contributed by atoms with Gasteiger partial charge in [-0.1, -0.05) is 11.6 Å². The Morgan fingerprint density at radius 3 is 2.78 bits per heavy atom. The average molecular weight is 258 g/mol. The third kappa shape index (κ3) is 1.83. The van der Waals surface area contributed by atoms with Crippen LogP contribution in [0.1, 0.15) is 5.56 Å². The number of nitrogen functional groups attached to an aromatic ring is 1. The number of anilines is 1. The van der Waals surface area contributed by atoms with Gasteiger partial charge in [0.25, 0.3) is 0 Å². The van der Waals surface area contributed by atoms with Crippen molar-refractivity contribution in [1.29, 1.82) is 0 Å². The second-order valence-corrected chi connectivity index (χ2v) is 4.76. The van der Waals surface area contributed by atoms with Gasteiger partial charge in [-0.25, -0.2) is 4.98 Å². The number of nitrogens with two attached hydrogens (primary N) is 1. The summed E-state index contributed by atoms with van der Waals surface area (Å²) < 4.78 is 0. The maximum absolute atomic E-state index is 5.96. The van der Waals surface area contributed by atoms with E-state index in [1.807, 2.05) is 43.3 Å². The molecule has 0 unspecified atom stereocenters. The summed E-state index contributed by atoms with van der Waals surface area (Å²) in [6, 6.07) is 11.4. The number of hydrogen-bond donors (Lipinski definition) is 2. The van der Waals surface area contributed by atoms with Crippen molar-refractivity contribution in [2.45, 2.75) is 6.92 Å². The molecule has 1 aromatic heterocycles. The number of fused-ring (bicyclic) bond motifs is 1. The van der Waals surface area contributed by atoms with E-state index in [2.05, 4.69) is 9.97 Å². The zero-order valence-electron chi connectivity index (χ0n) is 9.87. The Labute approximate surface area is 110 Å². The number of imidazole rings is 1. The Hall–Kier alpha value is -2.00. The maximum Gasteiger partial charge on any atom is 0.138 e. The predicted octanol–water partition coefficient (Wildman–Crippen LogP) is 3.77. The lowest BCUT2D eigenvalue weighted by atomic mass is 10.1. The summed E-state index contributed by atoms with van der Waals surface area (Å²) in [5.41, 5.74) is 10.5. The molecule has 0 atom stereocenters. The number of aryl methyl sites for hydroxylation is 1. The van der Waals surface area contributed by atoms with E-state index >= 15 is 0 Å². The highest BCUT2D eigenvalue weighted by atomic mass is 35.5. The molecule has 0 saturated heterocycles. The minimum Gasteiger partial charge on any atom is -0.399 e. The van der Waals surface area contributed by atoms with Crippen LogP contribution in [-0.2, 0) is 0 Å². The van der Waals surface area contributed by atoms with Gasteiger partial charge in [-0.05, 0) is 48.9 Å². The van der Waals surface area contributed by atoms with Crippen molar-refractivity contribution >= 4 is 28.3 Å². The molecule has 0 saturated carbocycles. The summed E-state index contributed by atoms with van der Waals surface area (Å²) in [6.45, 7) is 2.02. The van der Waals surface area contributed by atoms with Crippen LogP contribution in [0.15, 0.2) is 36.4 Å². The van der Waals surface area contributed by atoms with Crippen LogP contribution in [0, 0.1) is 6.92 Å². The first-order valence-electron chi connectivity index (χ1n) is 5.65. The zero-order valence-corrected chi connectivity index (χ0v) is 10.6. The Morgan fingerprint density at radius 2 is 2.00 bits per heavy atom. The number of aromatic nitrogens is 2. The lowest BCUT2D eigenvalue weighted by Gasteiger charge is -2.02. The molecule has 3 N–H and O–H groups in total. The number of nitrogens with one attached hydrogen (secondary N) is 1. The quantitative estimate of drug-likeness (QED) is 0.652. The molecule has 1 heterocycles. The molecule has 90 valence electrons. The van der Waals surface area contributed by atoms with Crippen molar-refractivity contribution in [3.05, 3.63) is 47.0 Å². The van der Waals surface area contributed by atoms with Crippen LogP contribution in [0.4, 0.5) is 5.69 Å². The number of rotatable bonds is 1. The Bertz CT molecular complexity index is 731. The molecule has 0 fully saturated rings. The predicted molar refractivity (Wildman–Crippen MR) is 75.7 cm³/mol. The van der Waals surface area contributed by atoms with Crippen LogP contribution in [0.3, 0.4) is 0 Å². The summed E-state index contributed by atoms with van der Waals surface area (Å²) in [6.07, 6.45) is 0. The second-order valence-electron chi connectivity index (χ2n) is 4.32. The normalized spacial score (nSPS) is 11.0. The lowest BCUT2D eigenvalue weighted by molar-refractivity contribution is 1.31. The summed E-state index contributed by atoms with van der Waals surface area (Å²) in [7, 11) is 0. The highest BCUT2D eigenvalue weighted by Gasteiger charge is 2.08.